The number of rotatable bonds is 5. The topological polar surface area (TPSA) is 118 Å². The van der Waals surface area contributed by atoms with Gasteiger partial charge in [-0.3, -0.25) is 20.6 Å². The number of hydrogen-bond acceptors (Lipinski definition) is 7. The molecule has 8 nitrogen and oxygen atoms in total. The van der Waals surface area contributed by atoms with E-state index in [0.29, 0.717) is 17.2 Å². The Morgan fingerprint density at radius 3 is 2.40 bits per heavy atom. The van der Waals surface area contributed by atoms with Gasteiger partial charge in [-0.05, 0) is 59.0 Å². The van der Waals surface area contributed by atoms with E-state index in [1.54, 1.807) is 12.1 Å². The fourth-order valence-electron chi connectivity index (χ4n) is 1.96. The molecule has 5 N–H and O–H groups in total. The van der Waals surface area contributed by atoms with Gasteiger partial charge in [-0.25, -0.2) is 9.97 Å². The number of carbonyl (C=O) groups excluding carboxylic acids is 1. The van der Waals surface area contributed by atoms with Gasteiger partial charge in [-0.1, -0.05) is 0 Å². The third-order valence-corrected chi connectivity index (χ3v) is 3.95. The number of nitrogens with two attached hydrogens (primary N) is 1. The molecule has 1 amide bonds. The quantitative estimate of drug-likeness (QED) is 0.351. The second-order valence-electron chi connectivity index (χ2n) is 4.93. The van der Waals surface area contributed by atoms with E-state index >= 15 is 0 Å². The number of carbonyl (C=O) groups is 1. The number of nitrogen functional groups attached to an aromatic ring is 1. The molecule has 0 aliphatic carbocycles. The van der Waals surface area contributed by atoms with Crippen LogP contribution in [0.1, 0.15) is 10.4 Å². The predicted molar refractivity (Wildman–Crippen MR) is 104 cm³/mol. The maximum absolute atomic E-state index is 12.0. The molecule has 3 aromatic rings. The first-order chi connectivity index (χ1) is 12.1. The standard InChI is InChI=1S/C16H14IN7O/c17-11-1-3-12(4-2-11)22-14-13(18)15(21-9-20-14)23-24-16(25)10-5-7-19-8-6-10/h1-9H,18H2,(H,24,25)(H2,20,21,22,23). The minimum absolute atomic E-state index is 0.288. The van der Waals surface area contributed by atoms with Crippen molar-refractivity contribution < 1.29 is 4.79 Å². The van der Waals surface area contributed by atoms with E-state index in [2.05, 4.69) is 53.7 Å². The van der Waals surface area contributed by atoms with Crippen molar-refractivity contribution in [2.24, 2.45) is 0 Å². The van der Waals surface area contributed by atoms with E-state index < -0.39 is 0 Å². The van der Waals surface area contributed by atoms with Crippen molar-refractivity contribution in [1.29, 1.82) is 0 Å². The van der Waals surface area contributed by atoms with Crippen LogP contribution in [0.25, 0.3) is 0 Å². The van der Waals surface area contributed by atoms with Crippen LogP contribution in [0, 0.1) is 3.57 Å². The minimum Gasteiger partial charge on any atom is -0.393 e. The third kappa shape index (κ3) is 4.32. The van der Waals surface area contributed by atoms with Gasteiger partial charge >= 0.3 is 0 Å². The number of halogens is 1. The third-order valence-electron chi connectivity index (χ3n) is 3.23. The second-order valence-corrected chi connectivity index (χ2v) is 6.18. The van der Waals surface area contributed by atoms with Crippen LogP contribution in [0.4, 0.5) is 23.0 Å². The minimum atomic E-state index is -0.326. The van der Waals surface area contributed by atoms with Gasteiger partial charge in [0.25, 0.3) is 5.91 Å². The highest BCUT2D eigenvalue weighted by Crippen LogP contribution is 2.25. The second kappa shape index (κ2) is 7.75. The van der Waals surface area contributed by atoms with Crippen LogP contribution in [0.15, 0.2) is 55.1 Å². The molecule has 126 valence electrons. The number of amides is 1. The van der Waals surface area contributed by atoms with E-state index in [4.69, 9.17) is 5.73 Å². The van der Waals surface area contributed by atoms with Crippen LogP contribution in [0.3, 0.4) is 0 Å². The summed E-state index contributed by atoms with van der Waals surface area (Å²) in [7, 11) is 0. The molecule has 0 bridgehead atoms. The van der Waals surface area contributed by atoms with Crippen LogP contribution in [0.5, 0.6) is 0 Å². The Morgan fingerprint density at radius 2 is 1.68 bits per heavy atom. The first-order valence-corrected chi connectivity index (χ1v) is 8.31. The molecule has 1 aromatic carbocycles. The highest BCUT2D eigenvalue weighted by atomic mass is 127. The molecule has 25 heavy (non-hydrogen) atoms. The lowest BCUT2D eigenvalue weighted by Gasteiger charge is -2.13. The van der Waals surface area contributed by atoms with Crippen LogP contribution in [-0.4, -0.2) is 20.9 Å². The Morgan fingerprint density at radius 1 is 1.00 bits per heavy atom. The zero-order valence-electron chi connectivity index (χ0n) is 12.9. The summed E-state index contributed by atoms with van der Waals surface area (Å²) in [5, 5.41) is 3.12. The Kier molecular flexibility index (Phi) is 5.23. The SMILES string of the molecule is Nc1c(NNC(=O)c2ccncc2)ncnc1Nc1ccc(I)cc1. The number of aromatic nitrogens is 3. The number of pyridine rings is 1. The maximum Gasteiger partial charge on any atom is 0.269 e. The zero-order chi connectivity index (χ0) is 17.6. The number of nitrogens with one attached hydrogen (secondary N) is 3. The van der Waals surface area contributed by atoms with Gasteiger partial charge in [0, 0.05) is 27.2 Å². The molecule has 0 saturated heterocycles. The molecular weight excluding hydrogens is 433 g/mol. The summed E-state index contributed by atoms with van der Waals surface area (Å²) in [6.07, 6.45) is 4.43. The van der Waals surface area contributed by atoms with Crippen molar-refractivity contribution in [1.82, 2.24) is 20.4 Å². The Balaban J connectivity index is 1.70. The van der Waals surface area contributed by atoms with E-state index in [9.17, 15) is 4.79 Å². The monoisotopic (exact) mass is 447 g/mol. The van der Waals surface area contributed by atoms with Crippen LogP contribution in [-0.2, 0) is 0 Å². The lowest BCUT2D eigenvalue weighted by Crippen LogP contribution is -2.30. The number of anilines is 4. The smallest absolute Gasteiger partial charge is 0.269 e. The molecule has 2 heterocycles. The van der Waals surface area contributed by atoms with Crippen molar-refractivity contribution in [2.75, 3.05) is 16.5 Å². The lowest BCUT2D eigenvalue weighted by atomic mass is 10.3. The molecule has 0 atom stereocenters. The average Bonchev–Trinajstić information content (AvgIpc) is 2.64. The molecule has 0 radical (unpaired) electrons. The van der Waals surface area contributed by atoms with Crippen molar-refractivity contribution in [3.05, 3.63) is 64.3 Å². The van der Waals surface area contributed by atoms with Crippen molar-refractivity contribution in [3.8, 4) is 0 Å². The molecule has 0 aliphatic heterocycles. The molecule has 0 saturated carbocycles. The predicted octanol–water partition coefficient (Wildman–Crippen LogP) is 2.56. The molecule has 2 aromatic heterocycles. The summed E-state index contributed by atoms with van der Waals surface area (Å²) >= 11 is 2.23. The number of hydrogen-bond donors (Lipinski definition) is 4. The fraction of sp³-hybridized carbons (Fsp3) is 0. The van der Waals surface area contributed by atoms with E-state index in [1.165, 1.54) is 18.7 Å². The maximum atomic E-state index is 12.0. The number of benzene rings is 1. The van der Waals surface area contributed by atoms with Gasteiger partial charge in [0.15, 0.2) is 11.6 Å². The summed E-state index contributed by atoms with van der Waals surface area (Å²) < 4.78 is 1.12. The van der Waals surface area contributed by atoms with Crippen LogP contribution >= 0.6 is 22.6 Å². The summed E-state index contributed by atoms with van der Waals surface area (Å²) in [6.45, 7) is 0. The van der Waals surface area contributed by atoms with Gasteiger partial charge < -0.3 is 11.1 Å². The van der Waals surface area contributed by atoms with Gasteiger partial charge in [0.1, 0.15) is 12.0 Å². The summed E-state index contributed by atoms with van der Waals surface area (Å²) in [6, 6.07) is 11.0. The van der Waals surface area contributed by atoms with Crippen LogP contribution in [0.2, 0.25) is 0 Å². The highest BCUT2D eigenvalue weighted by molar-refractivity contribution is 14.1. The zero-order valence-corrected chi connectivity index (χ0v) is 15.1. The Hall–Kier alpha value is -2.95. The largest absolute Gasteiger partial charge is 0.393 e. The molecule has 0 unspecified atom stereocenters. The first kappa shape index (κ1) is 16.9. The summed E-state index contributed by atoms with van der Waals surface area (Å²) in [4.78, 5) is 24.1. The van der Waals surface area contributed by atoms with Crippen molar-refractivity contribution in [2.45, 2.75) is 0 Å². The molecule has 9 heteroatoms. The normalized spacial score (nSPS) is 10.1. The lowest BCUT2D eigenvalue weighted by molar-refractivity contribution is 0.0962. The fourth-order valence-corrected chi connectivity index (χ4v) is 2.32. The average molecular weight is 447 g/mol. The summed E-state index contributed by atoms with van der Waals surface area (Å²) in [5.74, 6) is 0.412. The van der Waals surface area contributed by atoms with Crippen molar-refractivity contribution >= 4 is 51.5 Å². The van der Waals surface area contributed by atoms with E-state index in [0.717, 1.165) is 9.26 Å². The van der Waals surface area contributed by atoms with Gasteiger partial charge in [0.2, 0.25) is 0 Å². The molecule has 0 aliphatic rings. The van der Waals surface area contributed by atoms with Crippen LogP contribution < -0.4 is 21.9 Å². The number of nitrogens with zero attached hydrogens (tertiary/aromatic N) is 3. The molecule has 3 rings (SSSR count). The van der Waals surface area contributed by atoms with Gasteiger partial charge in [-0.2, -0.15) is 0 Å². The molecular formula is C16H14IN7O. The summed E-state index contributed by atoms with van der Waals surface area (Å²) in [5.41, 5.74) is 12.9. The van der Waals surface area contributed by atoms with E-state index in [-0.39, 0.29) is 11.6 Å². The molecule has 0 fully saturated rings. The number of hydrazine groups is 1. The Bertz CT molecular complexity index is 871. The van der Waals surface area contributed by atoms with Gasteiger partial charge in [0.05, 0.1) is 0 Å². The van der Waals surface area contributed by atoms with E-state index in [1.807, 2.05) is 24.3 Å². The first-order valence-electron chi connectivity index (χ1n) is 7.23. The molecule has 0 spiro atoms. The van der Waals surface area contributed by atoms with Crippen molar-refractivity contribution in [3.63, 3.8) is 0 Å². The highest BCUT2D eigenvalue weighted by Gasteiger charge is 2.10. The Labute approximate surface area is 157 Å². The van der Waals surface area contributed by atoms with Gasteiger partial charge in [-0.15, -0.1) is 0 Å².